The lowest BCUT2D eigenvalue weighted by Crippen LogP contribution is -2.51. The van der Waals surface area contributed by atoms with Gasteiger partial charge in [-0.3, -0.25) is 0 Å². The quantitative estimate of drug-likeness (QED) is 0.616. The highest BCUT2D eigenvalue weighted by atomic mass is 35.5. The van der Waals surface area contributed by atoms with Gasteiger partial charge in [-0.15, -0.1) is 0 Å². The van der Waals surface area contributed by atoms with Crippen molar-refractivity contribution in [3.63, 3.8) is 0 Å². The largest absolute Gasteiger partial charge is 0.507 e. The summed E-state index contributed by atoms with van der Waals surface area (Å²) < 4.78 is 30.5. The second kappa shape index (κ2) is 8.10. The maximum atomic E-state index is 15.9. The summed E-state index contributed by atoms with van der Waals surface area (Å²) in [6.45, 7) is 1.95. The smallest absolute Gasteiger partial charge is 0.159 e. The lowest BCUT2D eigenvalue weighted by molar-refractivity contribution is 0.390. The first-order valence-electron chi connectivity index (χ1n) is 10.6. The highest BCUT2D eigenvalue weighted by molar-refractivity contribution is 6.34. The van der Waals surface area contributed by atoms with E-state index >= 15 is 4.39 Å². The number of rotatable bonds is 4. The normalized spacial score (nSPS) is 20.5. The van der Waals surface area contributed by atoms with Crippen LogP contribution in [0.3, 0.4) is 0 Å². The van der Waals surface area contributed by atoms with E-state index in [9.17, 15) is 9.50 Å². The van der Waals surface area contributed by atoms with Crippen molar-refractivity contribution in [1.29, 1.82) is 0 Å². The average Bonchev–Trinajstić information content (AvgIpc) is 3.07. The first-order valence-corrected chi connectivity index (χ1v) is 11.0. The molecule has 168 valence electrons. The maximum absolute atomic E-state index is 15.9. The van der Waals surface area contributed by atoms with Crippen LogP contribution in [0.1, 0.15) is 18.7 Å². The summed E-state index contributed by atoms with van der Waals surface area (Å²) in [6, 6.07) is 6.14. The highest BCUT2D eigenvalue weighted by Gasteiger charge is 2.34. The number of benzene rings is 2. The molecular formula is C23H24ClF2N5O. The van der Waals surface area contributed by atoms with Crippen LogP contribution in [0.4, 0.5) is 14.6 Å². The molecule has 2 N–H and O–H groups in total. The van der Waals surface area contributed by atoms with E-state index in [2.05, 4.69) is 15.2 Å². The minimum atomic E-state index is -0.769. The van der Waals surface area contributed by atoms with Gasteiger partial charge in [-0.1, -0.05) is 17.7 Å². The van der Waals surface area contributed by atoms with E-state index in [0.717, 1.165) is 32.0 Å². The number of hydrogen-bond donors (Lipinski definition) is 2. The Morgan fingerprint density at radius 1 is 1.16 bits per heavy atom. The van der Waals surface area contributed by atoms with E-state index in [1.807, 2.05) is 19.0 Å². The fourth-order valence-electron chi connectivity index (χ4n) is 4.78. The first kappa shape index (κ1) is 21.3. The molecule has 0 unspecified atom stereocenters. The third-order valence-corrected chi connectivity index (χ3v) is 6.42. The molecule has 6 nitrogen and oxygen atoms in total. The number of fused-ring (bicyclic) bond motifs is 3. The third-order valence-electron chi connectivity index (χ3n) is 6.12. The van der Waals surface area contributed by atoms with Crippen molar-refractivity contribution in [1.82, 2.24) is 20.2 Å². The molecule has 0 amide bonds. The van der Waals surface area contributed by atoms with Crippen LogP contribution in [0.15, 0.2) is 24.3 Å². The molecule has 5 rings (SSSR count). The molecule has 2 bridgehead atoms. The fraction of sp³-hybridized carbons (Fsp3) is 0.391. The highest BCUT2D eigenvalue weighted by Crippen LogP contribution is 2.42. The van der Waals surface area contributed by atoms with Crippen molar-refractivity contribution in [2.45, 2.75) is 31.5 Å². The van der Waals surface area contributed by atoms with Crippen LogP contribution in [0.2, 0.25) is 5.02 Å². The number of phenols is 1. The summed E-state index contributed by atoms with van der Waals surface area (Å²) in [6.07, 6.45) is 2.20. The minimum absolute atomic E-state index is 0.00119. The lowest BCUT2D eigenvalue weighted by atomic mass is 10.0. The summed E-state index contributed by atoms with van der Waals surface area (Å²) in [7, 11) is 3.78. The predicted molar refractivity (Wildman–Crippen MR) is 121 cm³/mol. The van der Waals surface area contributed by atoms with Gasteiger partial charge in [-0.25, -0.2) is 18.7 Å². The van der Waals surface area contributed by atoms with E-state index in [1.54, 1.807) is 6.07 Å². The average molecular weight is 460 g/mol. The monoisotopic (exact) mass is 459 g/mol. The van der Waals surface area contributed by atoms with Gasteiger partial charge in [0.15, 0.2) is 5.82 Å². The van der Waals surface area contributed by atoms with E-state index in [-0.39, 0.29) is 27.4 Å². The van der Waals surface area contributed by atoms with Crippen molar-refractivity contribution in [2.75, 3.05) is 32.1 Å². The molecule has 2 atom stereocenters. The molecule has 32 heavy (non-hydrogen) atoms. The molecule has 3 aromatic rings. The molecule has 0 radical (unpaired) electrons. The summed E-state index contributed by atoms with van der Waals surface area (Å²) in [5, 5.41) is 14.3. The van der Waals surface area contributed by atoms with Gasteiger partial charge in [0.05, 0.1) is 17.1 Å². The molecule has 1 aromatic heterocycles. The Morgan fingerprint density at radius 3 is 2.53 bits per heavy atom. The summed E-state index contributed by atoms with van der Waals surface area (Å²) in [5.41, 5.74) is -0.401. The van der Waals surface area contributed by atoms with Crippen LogP contribution in [0, 0.1) is 11.6 Å². The summed E-state index contributed by atoms with van der Waals surface area (Å²) in [5.74, 6) is -0.809. The van der Waals surface area contributed by atoms with Gasteiger partial charge >= 0.3 is 0 Å². The Hall–Kier alpha value is -2.55. The van der Waals surface area contributed by atoms with Gasteiger partial charge in [-0.05, 0) is 45.1 Å². The molecule has 2 aromatic carbocycles. The Morgan fingerprint density at radius 2 is 1.88 bits per heavy atom. The van der Waals surface area contributed by atoms with Crippen molar-refractivity contribution >= 4 is 28.3 Å². The second-order valence-corrected chi connectivity index (χ2v) is 9.23. The Balaban J connectivity index is 1.74. The minimum Gasteiger partial charge on any atom is -0.507 e. The number of aromatic nitrogens is 2. The molecule has 2 fully saturated rings. The number of anilines is 1. The van der Waals surface area contributed by atoms with Crippen LogP contribution >= 0.6 is 11.6 Å². The van der Waals surface area contributed by atoms with Crippen molar-refractivity contribution < 1.29 is 13.9 Å². The molecule has 0 aliphatic carbocycles. The summed E-state index contributed by atoms with van der Waals surface area (Å²) in [4.78, 5) is 13.3. The van der Waals surface area contributed by atoms with E-state index in [1.165, 1.54) is 12.1 Å². The molecule has 0 spiro atoms. The van der Waals surface area contributed by atoms with Crippen LogP contribution in [0.5, 0.6) is 5.75 Å². The molecule has 2 aliphatic rings. The fourth-order valence-corrected chi connectivity index (χ4v) is 5.07. The van der Waals surface area contributed by atoms with Crippen molar-refractivity contribution in [3.8, 4) is 16.9 Å². The van der Waals surface area contributed by atoms with Crippen LogP contribution < -0.4 is 10.2 Å². The Kier molecular flexibility index (Phi) is 5.39. The van der Waals surface area contributed by atoms with Crippen LogP contribution in [-0.4, -0.2) is 59.2 Å². The number of nitrogens with one attached hydrogen (secondary N) is 1. The SMILES string of the molecule is CN(C)Cc1nc(N2C[C@H]3CC[C@@H](C2)N3)c2cc(Cl)c(-c3c(O)cccc3F)c(F)c2n1. The zero-order valence-corrected chi connectivity index (χ0v) is 18.6. The molecule has 3 heterocycles. The number of phenolic OH excluding ortho intramolecular Hbond substituents is 1. The standard InChI is InChI=1S/C23H24ClF2N5O/c1-30(2)11-18-28-22-14(23(29-18)31-9-12-6-7-13(10-31)27-12)8-15(24)19(21(22)26)20-16(25)4-3-5-17(20)32/h3-5,8,12-13,27,32H,6-7,9-11H2,1-2H3/t12-,13+. The molecule has 0 saturated carbocycles. The molecule has 2 aliphatic heterocycles. The first-order chi connectivity index (χ1) is 15.3. The topological polar surface area (TPSA) is 64.5 Å². The van der Waals surface area contributed by atoms with Crippen molar-refractivity contribution in [3.05, 3.63) is 46.7 Å². The van der Waals surface area contributed by atoms with E-state index < -0.39 is 11.6 Å². The summed E-state index contributed by atoms with van der Waals surface area (Å²) >= 11 is 6.48. The number of hydrogen-bond acceptors (Lipinski definition) is 6. The van der Waals surface area contributed by atoms with Crippen LogP contribution in [-0.2, 0) is 6.54 Å². The predicted octanol–water partition coefficient (Wildman–Crippen LogP) is 3.94. The van der Waals surface area contributed by atoms with Gasteiger partial charge in [-0.2, -0.15) is 0 Å². The zero-order chi connectivity index (χ0) is 22.6. The van der Waals surface area contributed by atoms with Gasteiger partial charge in [0.2, 0.25) is 0 Å². The molecule has 9 heteroatoms. The Labute approximate surface area is 189 Å². The van der Waals surface area contributed by atoms with E-state index in [4.69, 9.17) is 16.6 Å². The van der Waals surface area contributed by atoms with Gasteiger partial charge in [0, 0.05) is 36.1 Å². The number of halogens is 3. The van der Waals surface area contributed by atoms with Crippen LogP contribution in [0.25, 0.3) is 22.0 Å². The van der Waals surface area contributed by atoms with Gasteiger partial charge in [0.1, 0.15) is 28.7 Å². The Bertz CT molecular complexity index is 1170. The third kappa shape index (κ3) is 3.66. The maximum Gasteiger partial charge on any atom is 0.159 e. The number of nitrogens with zero attached hydrogens (tertiary/aromatic N) is 4. The van der Waals surface area contributed by atoms with E-state index in [0.29, 0.717) is 35.7 Å². The molecular weight excluding hydrogens is 436 g/mol. The number of aromatic hydroxyl groups is 1. The van der Waals surface area contributed by atoms with Gasteiger partial charge < -0.3 is 20.2 Å². The lowest BCUT2D eigenvalue weighted by Gasteiger charge is -2.34. The van der Waals surface area contributed by atoms with Crippen molar-refractivity contribution in [2.24, 2.45) is 0 Å². The number of piperazine rings is 1. The second-order valence-electron chi connectivity index (χ2n) is 8.82. The molecule has 2 saturated heterocycles. The van der Waals surface area contributed by atoms with Gasteiger partial charge in [0.25, 0.3) is 0 Å². The zero-order valence-electron chi connectivity index (χ0n) is 17.9.